The summed E-state index contributed by atoms with van der Waals surface area (Å²) in [4.78, 5) is 43.1. The van der Waals surface area contributed by atoms with E-state index in [4.69, 9.17) is 48.5 Å². The topological polar surface area (TPSA) is 490 Å². The average Bonchev–Trinajstić information content (AvgIpc) is 1.59. The summed E-state index contributed by atoms with van der Waals surface area (Å²) in [6, 6.07) is 31.6. The number of hydrogen-bond acceptors (Lipinski definition) is 27. The number of nitrogens with zero attached hydrogens (tertiary/aromatic N) is 9. The van der Waals surface area contributed by atoms with Crippen LogP contribution in [0.4, 0.5) is 17.3 Å². The number of nitro benzene ring substituents is 1. The zero-order valence-corrected chi connectivity index (χ0v) is 58.9. The van der Waals surface area contributed by atoms with E-state index in [-0.39, 0.29) is 93.4 Å². The molecule has 4 aromatic heterocycles. The standard InChI is InChI=1S/C25H31N6O8P.C20H24NO7P.C12H13N5O4.C4H9.ClH.Mg.H2O/c1-15(2)37-23(34)24(3,4)30-40(35,39-16-8-6-5-7-9-16)36-12-18-20(32)21(33)25(13-26,38-18)19-11-10-17-22(27)28-14-29-31(17)19;1-15(2)26-19(22)20(3,4)14-29(25,27-17-8-6-5-7-9-17)28-18-12-10-16(11-13-18)21(23)24;13-4-12(10(20)9(19)7(3-18)21-12)8-2-1-6-11(14)15-5-16-17(6)8;1-4(2)3;;;/h5-11,14-15,18,20-21,32-33H,12H2,1-4H3,(H,30,35)(H2,27,28,29);5-13,15H,14H2,1-4H3;1-2,5,7,9-10,18-20H,3H2,(H2,14,15,16);1-3H3;1H;;1H2/q;;;-1;;+2;/p-1/t18-,20-,21-,25+,40?;;7-,9-,10-,12+;;;;/m1.1..../s1. The van der Waals surface area contributed by atoms with Crippen LogP contribution in [0.1, 0.15) is 87.5 Å². The molecule has 522 valence electrons. The molecule has 32 nitrogen and oxygen atoms in total. The predicted molar refractivity (Wildman–Crippen MR) is 347 cm³/mol. The third-order valence-corrected chi connectivity index (χ3v) is 17.5. The summed E-state index contributed by atoms with van der Waals surface area (Å²) >= 11 is 0. The number of rotatable bonds is 21. The Kier molecular flexibility index (Phi) is 30.3. The molecule has 0 bridgehead atoms. The molecule has 6 heterocycles. The summed E-state index contributed by atoms with van der Waals surface area (Å²) in [6.07, 6.45) is -7.37. The van der Waals surface area contributed by atoms with Crippen LogP contribution in [0.15, 0.2) is 122 Å². The number of aliphatic hydroxyl groups is 5. The van der Waals surface area contributed by atoms with E-state index in [0.29, 0.717) is 16.8 Å². The number of halogens is 1. The molecule has 36 heteroatoms. The number of esters is 2. The number of nitrogen functional groups attached to an aromatic ring is 2. The van der Waals surface area contributed by atoms with Crippen molar-refractivity contribution < 1.29 is 104 Å². The Morgan fingerprint density at radius 2 is 1.11 bits per heavy atom. The number of non-ortho nitro benzene ring substituents is 1. The fraction of sp³-hybridized carbons (Fsp3) is 0.426. The molecule has 0 amide bonds. The Hall–Kier alpha value is -7.66. The maximum absolute atomic E-state index is 13.9. The van der Waals surface area contributed by atoms with Crippen LogP contribution in [0.2, 0.25) is 0 Å². The smallest absolute Gasteiger partial charge is 1.00 e. The van der Waals surface area contributed by atoms with Crippen molar-refractivity contribution in [2.75, 3.05) is 30.8 Å². The molecular formula is C61H79ClMgN12O20P2. The van der Waals surface area contributed by atoms with Crippen LogP contribution in [0.5, 0.6) is 17.2 Å². The van der Waals surface area contributed by atoms with E-state index >= 15 is 0 Å². The van der Waals surface area contributed by atoms with Gasteiger partial charge in [0.05, 0.1) is 53.3 Å². The van der Waals surface area contributed by atoms with E-state index < -0.39 is 110 Å². The van der Waals surface area contributed by atoms with E-state index in [9.17, 15) is 64.9 Å². The first-order chi connectivity index (χ1) is 44.1. The number of nitrogens with one attached hydrogen (secondary N) is 1. The molecule has 2 aliphatic heterocycles. The molecule has 12 N–H and O–H groups in total. The number of ether oxygens (including phenoxy) is 4. The van der Waals surface area contributed by atoms with Crippen LogP contribution in [-0.2, 0) is 53.4 Å². The molecule has 0 saturated carbocycles. The van der Waals surface area contributed by atoms with Crippen LogP contribution >= 0.6 is 15.3 Å². The second-order valence-electron chi connectivity index (χ2n) is 23.6. The molecule has 97 heavy (non-hydrogen) atoms. The number of para-hydroxylation sites is 2. The largest absolute Gasteiger partial charge is 2.00 e. The summed E-state index contributed by atoms with van der Waals surface area (Å²) < 4.78 is 74.6. The Labute approximate surface area is 581 Å². The number of nitrogens with two attached hydrogens (primary N) is 2. The SMILES string of the molecule is CC(C)OC(=O)C(C)(C)CP(=O)(Oc1ccccc1)Oc1ccc([N+](=O)[O-])cc1.CC(C)OC(=O)C(C)(C)NP(=O)(OC[C@H]1O[C@@](C#N)(c2ccc3c(N)ncnn23)[C@H](O)[C@@H]1O)Oc1ccccc1.C[C-](C)C.N#C[C@@]1(c2ccc3c(N)ncnn23)O[C@H](CO)[C@@H](O)[C@H]1O.O.[Cl-].[Mg+2]. The Balaban J connectivity index is 0.000000379. The van der Waals surface area contributed by atoms with Crippen LogP contribution < -0.4 is 42.5 Å². The second kappa shape index (κ2) is 35.2. The van der Waals surface area contributed by atoms with Crippen molar-refractivity contribution in [1.29, 1.82) is 10.5 Å². The molecule has 2 fully saturated rings. The molecule has 0 spiro atoms. The van der Waals surface area contributed by atoms with Gasteiger partial charge in [-0.2, -0.15) is 46.6 Å². The molecule has 2 saturated heterocycles. The quantitative estimate of drug-likeness (QED) is 0.0128. The number of fused-ring (bicyclic) bond motifs is 2. The van der Waals surface area contributed by atoms with Gasteiger partial charge in [0.1, 0.15) is 95.2 Å². The first-order valence-corrected chi connectivity index (χ1v) is 32.3. The van der Waals surface area contributed by atoms with Crippen molar-refractivity contribution in [1.82, 2.24) is 34.3 Å². The molecule has 0 radical (unpaired) electrons. The molecule has 9 rings (SSSR count). The Morgan fingerprint density at radius 3 is 1.52 bits per heavy atom. The Morgan fingerprint density at radius 1 is 0.711 bits per heavy atom. The molecule has 3 aromatic carbocycles. The van der Waals surface area contributed by atoms with E-state index in [0.717, 1.165) is 0 Å². The molecular weight excluding hydrogens is 1340 g/mol. The van der Waals surface area contributed by atoms with Crippen LogP contribution in [0, 0.1) is 44.1 Å². The molecule has 0 aliphatic carbocycles. The fourth-order valence-corrected chi connectivity index (χ4v) is 13.0. The van der Waals surface area contributed by atoms with Gasteiger partial charge < -0.3 is 93.3 Å². The van der Waals surface area contributed by atoms with E-state index in [1.54, 1.807) is 102 Å². The van der Waals surface area contributed by atoms with Crippen molar-refractivity contribution in [2.45, 2.75) is 142 Å². The number of anilines is 2. The van der Waals surface area contributed by atoms with Gasteiger partial charge in [-0.15, -0.1) is 0 Å². The summed E-state index contributed by atoms with van der Waals surface area (Å²) in [7, 11) is -8.26. The number of hydrogen-bond donors (Lipinski definition) is 8. The average molecular weight is 1420 g/mol. The summed E-state index contributed by atoms with van der Waals surface area (Å²) in [5.74, 6) is 1.12. The van der Waals surface area contributed by atoms with E-state index in [2.05, 4.69) is 46.0 Å². The van der Waals surface area contributed by atoms with Gasteiger partial charge in [0.25, 0.3) is 5.69 Å². The zero-order valence-electron chi connectivity index (χ0n) is 54.9. The normalized spacial score (nSPS) is 21.5. The number of carbonyl (C=O) groups is 2. The maximum Gasteiger partial charge on any atom is 2.00 e. The van der Waals surface area contributed by atoms with E-state index in [1.165, 1.54) is 90.0 Å². The van der Waals surface area contributed by atoms with Gasteiger partial charge in [-0.3, -0.25) is 24.2 Å². The maximum atomic E-state index is 13.9. The molecule has 2 aliphatic rings. The van der Waals surface area contributed by atoms with Crippen molar-refractivity contribution in [2.24, 2.45) is 5.41 Å². The summed E-state index contributed by atoms with van der Waals surface area (Å²) in [5.41, 5.74) is 5.97. The third kappa shape index (κ3) is 20.5. The number of aliphatic hydroxyl groups excluding tert-OH is 5. The van der Waals surface area contributed by atoms with Gasteiger partial charge in [-0.1, -0.05) is 36.4 Å². The zero-order chi connectivity index (χ0) is 69.7. The van der Waals surface area contributed by atoms with Crippen LogP contribution in [-0.4, -0.2) is 174 Å². The fourth-order valence-electron chi connectivity index (χ4n) is 9.17. The number of carbonyl (C=O) groups excluding carboxylic acids is 2. The van der Waals surface area contributed by atoms with Gasteiger partial charge >= 0.3 is 50.3 Å². The molecule has 2 unspecified atom stereocenters. The van der Waals surface area contributed by atoms with Crippen molar-refractivity contribution >= 4 is 78.7 Å². The van der Waals surface area contributed by atoms with Crippen LogP contribution in [0.3, 0.4) is 0 Å². The van der Waals surface area contributed by atoms with Gasteiger partial charge in [0.2, 0.25) is 11.2 Å². The first kappa shape index (κ1) is 83.6. The summed E-state index contributed by atoms with van der Waals surface area (Å²) in [5, 5.41) is 92.2. The van der Waals surface area contributed by atoms with E-state index in [1.807, 2.05) is 12.1 Å². The molecule has 7 aromatic rings. The second-order valence-corrected chi connectivity index (χ2v) is 27.2. The first-order valence-electron chi connectivity index (χ1n) is 29.0. The minimum Gasteiger partial charge on any atom is -1.00 e. The van der Waals surface area contributed by atoms with Crippen molar-refractivity contribution in [3.63, 3.8) is 0 Å². The summed E-state index contributed by atoms with van der Waals surface area (Å²) in [6.45, 7) is 18.0. The number of nitriles is 2. The van der Waals surface area contributed by atoms with Gasteiger partial charge in [0.15, 0.2) is 11.6 Å². The van der Waals surface area contributed by atoms with Gasteiger partial charge in [-0.25, -0.2) is 28.1 Å². The van der Waals surface area contributed by atoms with Gasteiger partial charge in [-0.05, 0) is 116 Å². The van der Waals surface area contributed by atoms with Gasteiger partial charge in [0, 0.05) is 12.1 Å². The third-order valence-electron chi connectivity index (χ3n) is 13.6. The number of benzene rings is 3. The minimum atomic E-state index is -4.36. The van der Waals surface area contributed by atoms with Crippen molar-refractivity contribution in [3.8, 4) is 29.4 Å². The molecule has 10 atom stereocenters. The Bertz CT molecular complexity index is 3920. The predicted octanol–water partition coefficient (Wildman–Crippen LogP) is 2.46. The number of aromatic nitrogens is 6. The van der Waals surface area contributed by atoms with Crippen molar-refractivity contribution in [3.05, 3.63) is 149 Å². The monoisotopic (exact) mass is 1420 g/mol. The minimum absolute atomic E-state index is 0. The van der Waals surface area contributed by atoms with Crippen LogP contribution in [0.25, 0.3) is 11.0 Å². The number of nitro groups is 1.